The largest absolute Gasteiger partial charge is 0.480 e. The summed E-state index contributed by atoms with van der Waals surface area (Å²) in [6, 6.07) is 4.14. The van der Waals surface area contributed by atoms with E-state index < -0.39 is 16.0 Å². The van der Waals surface area contributed by atoms with Gasteiger partial charge in [0.15, 0.2) is 0 Å². The lowest BCUT2D eigenvalue weighted by Gasteiger charge is -2.09. The number of nitrogens with one attached hydrogen (secondary N) is 1. The zero-order chi connectivity index (χ0) is 14.8. The van der Waals surface area contributed by atoms with Crippen LogP contribution in [0.25, 0.3) is 0 Å². The monoisotopic (exact) mass is 314 g/mol. The Kier molecular flexibility index (Phi) is 3.91. The highest BCUT2D eigenvalue weighted by Gasteiger charge is 2.20. The fourth-order valence-electron chi connectivity index (χ4n) is 1.41. The predicted octanol–water partition coefficient (Wildman–Crippen LogP) is 1.65. The first-order chi connectivity index (χ1) is 9.44. The van der Waals surface area contributed by atoms with Crippen LogP contribution in [0.2, 0.25) is 0 Å². The second-order valence-corrected chi connectivity index (χ2v) is 6.21. The van der Waals surface area contributed by atoms with Crippen LogP contribution in [0.4, 0.5) is 5.69 Å². The number of aromatic nitrogens is 1. The Morgan fingerprint density at radius 3 is 2.85 bits per heavy atom. The van der Waals surface area contributed by atoms with Crippen LogP contribution in [0.5, 0.6) is 5.88 Å². The van der Waals surface area contributed by atoms with Crippen molar-refractivity contribution >= 4 is 33.0 Å². The second kappa shape index (κ2) is 5.47. The molecule has 20 heavy (non-hydrogen) atoms. The maximum absolute atomic E-state index is 12.1. The van der Waals surface area contributed by atoms with E-state index in [1.807, 2.05) is 0 Å². The highest BCUT2D eigenvalue weighted by molar-refractivity contribution is 7.92. The summed E-state index contributed by atoms with van der Waals surface area (Å²) in [5, 5.41) is 10.1. The van der Waals surface area contributed by atoms with Crippen molar-refractivity contribution < 1.29 is 23.1 Å². The van der Waals surface area contributed by atoms with Crippen molar-refractivity contribution in [2.45, 2.75) is 4.90 Å². The molecule has 2 heterocycles. The van der Waals surface area contributed by atoms with Crippen molar-refractivity contribution in [2.24, 2.45) is 0 Å². The minimum Gasteiger partial charge on any atom is -0.480 e. The SMILES string of the molecule is COc1ncccc1NS(=O)(=O)c1csc(C(=O)O)c1. The summed E-state index contributed by atoms with van der Waals surface area (Å²) in [6.45, 7) is 0. The molecule has 0 bridgehead atoms. The molecule has 0 unspecified atom stereocenters. The molecular weight excluding hydrogens is 304 g/mol. The molecule has 7 nitrogen and oxygen atoms in total. The average Bonchev–Trinajstić information content (AvgIpc) is 2.89. The Balaban J connectivity index is 2.33. The van der Waals surface area contributed by atoms with Crippen LogP contribution in [0.15, 0.2) is 34.7 Å². The van der Waals surface area contributed by atoms with Gasteiger partial charge in [-0.2, -0.15) is 0 Å². The molecule has 0 aliphatic rings. The highest BCUT2D eigenvalue weighted by atomic mass is 32.2. The smallest absolute Gasteiger partial charge is 0.345 e. The number of sulfonamides is 1. The molecule has 0 fully saturated rings. The molecule has 0 aromatic carbocycles. The number of carbonyl (C=O) groups is 1. The topological polar surface area (TPSA) is 106 Å². The van der Waals surface area contributed by atoms with Crippen LogP contribution in [0, 0.1) is 0 Å². The minimum atomic E-state index is -3.88. The fraction of sp³-hybridized carbons (Fsp3) is 0.0909. The number of hydrogen-bond donors (Lipinski definition) is 2. The molecule has 2 N–H and O–H groups in total. The number of thiophene rings is 1. The van der Waals surface area contributed by atoms with Crippen molar-refractivity contribution in [2.75, 3.05) is 11.8 Å². The van der Waals surface area contributed by atoms with E-state index in [4.69, 9.17) is 9.84 Å². The number of rotatable bonds is 5. The molecule has 106 valence electrons. The van der Waals surface area contributed by atoms with Gasteiger partial charge in [0.25, 0.3) is 10.0 Å². The zero-order valence-corrected chi connectivity index (χ0v) is 11.9. The van der Waals surface area contributed by atoms with Gasteiger partial charge in [0.1, 0.15) is 10.6 Å². The molecule has 0 aliphatic heterocycles. The van der Waals surface area contributed by atoms with Crippen molar-refractivity contribution in [1.82, 2.24) is 4.98 Å². The minimum absolute atomic E-state index is 0.0523. The van der Waals surface area contributed by atoms with Crippen LogP contribution in [-0.4, -0.2) is 31.6 Å². The summed E-state index contributed by atoms with van der Waals surface area (Å²) in [4.78, 5) is 14.5. The van der Waals surface area contributed by atoms with Crippen molar-refractivity contribution in [3.63, 3.8) is 0 Å². The first-order valence-electron chi connectivity index (χ1n) is 5.27. The summed E-state index contributed by atoms with van der Waals surface area (Å²) in [7, 11) is -2.51. The van der Waals surface area contributed by atoms with Crippen molar-refractivity contribution in [1.29, 1.82) is 0 Å². The van der Waals surface area contributed by atoms with E-state index in [0.717, 1.165) is 17.4 Å². The van der Waals surface area contributed by atoms with Gasteiger partial charge in [-0.25, -0.2) is 18.2 Å². The number of aromatic carboxylic acids is 1. The van der Waals surface area contributed by atoms with Gasteiger partial charge in [0.05, 0.1) is 12.0 Å². The standard InChI is InChI=1S/C11H10N2O5S2/c1-18-10-8(3-2-4-12-10)13-20(16,17)7-5-9(11(14)15)19-6-7/h2-6,13H,1H3,(H,14,15). The number of ether oxygens (including phenoxy) is 1. The van der Waals surface area contributed by atoms with Gasteiger partial charge in [0, 0.05) is 11.6 Å². The third kappa shape index (κ3) is 2.89. The molecule has 9 heteroatoms. The molecule has 2 aromatic heterocycles. The summed E-state index contributed by atoms with van der Waals surface area (Å²) in [5.41, 5.74) is 0.179. The van der Waals surface area contributed by atoms with E-state index in [0.29, 0.717) is 0 Å². The number of pyridine rings is 1. The second-order valence-electron chi connectivity index (χ2n) is 3.62. The predicted molar refractivity (Wildman–Crippen MR) is 72.9 cm³/mol. The lowest BCUT2D eigenvalue weighted by Crippen LogP contribution is -2.13. The van der Waals surface area contributed by atoms with Crippen LogP contribution in [0.1, 0.15) is 9.67 Å². The molecule has 0 aliphatic carbocycles. The molecule has 2 aromatic rings. The normalized spacial score (nSPS) is 11.1. The number of methoxy groups -OCH3 is 1. The fourth-order valence-corrected chi connectivity index (χ4v) is 3.58. The Labute approximate surface area is 118 Å². The van der Waals surface area contributed by atoms with Gasteiger partial charge in [-0.15, -0.1) is 11.3 Å². The van der Waals surface area contributed by atoms with Gasteiger partial charge in [-0.1, -0.05) is 0 Å². The third-order valence-electron chi connectivity index (χ3n) is 2.31. The lowest BCUT2D eigenvalue weighted by molar-refractivity contribution is 0.0702. The first-order valence-corrected chi connectivity index (χ1v) is 7.64. The molecule has 0 atom stereocenters. The number of hydrogen-bond acceptors (Lipinski definition) is 6. The van der Waals surface area contributed by atoms with Crippen molar-refractivity contribution in [3.8, 4) is 5.88 Å². The molecular formula is C11H10N2O5S2. The molecule has 0 spiro atoms. The Hall–Kier alpha value is -2.13. The number of carboxylic acids is 1. The maximum atomic E-state index is 12.1. The summed E-state index contributed by atoms with van der Waals surface area (Å²) in [6.07, 6.45) is 1.46. The summed E-state index contributed by atoms with van der Waals surface area (Å²) in [5.74, 6) is -1.04. The van der Waals surface area contributed by atoms with Gasteiger partial charge < -0.3 is 9.84 Å². The molecule has 2 rings (SSSR count). The number of anilines is 1. The van der Waals surface area contributed by atoms with E-state index in [1.54, 1.807) is 6.07 Å². The van der Waals surface area contributed by atoms with Gasteiger partial charge >= 0.3 is 5.97 Å². The number of nitrogens with zero attached hydrogens (tertiary/aromatic N) is 1. The van der Waals surface area contributed by atoms with Gasteiger partial charge in [-0.05, 0) is 18.2 Å². The number of carboxylic acid groups (broad SMARTS) is 1. The van der Waals surface area contributed by atoms with E-state index in [-0.39, 0.29) is 21.3 Å². The molecule has 0 saturated carbocycles. The van der Waals surface area contributed by atoms with Gasteiger partial charge in [0.2, 0.25) is 5.88 Å². The van der Waals surface area contributed by atoms with Crippen LogP contribution >= 0.6 is 11.3 Å². The van der Waals surface area contributed by atoms with Crippen LogP contribution in [0.3, 0.4) is 0 Å². The first kappa shape index (κ1) is 14.3. The van der Waals surface area contributed by atoms with E-state index in [9.17, 15) is 13.2 Å². The van der Waals surface area contributed by atoms with Crippen LogP contribution in [-0.2, 0) is 10.0 Å². The third-order valence-corrected chi connectivity index (χ3v) is 4.72. The molecule has 0 saturated heterocycles. The van der Waals surface area contributed by atoms with E-state index >= 15 is 0 Å². The van der Waals surface area contributed by atoms with Gasteiger partial charge in [-0.3, -0.25) is 4.72 Å². The summed E-state index contributed by atoms with van der Waals surface area (Å²) < 4.78 is 31.5. The maximum Gasteiger partial charge on any atom is 0.345 e. The average molecular weight is 314 g/mol. The lowest BCUT2D eigenvalue weighted by atomic mass is 10.4. The summed E-state index contributed by atoms with van der Waals surface area (Å²) >= 11 is 0.839. The zero-order valence-electron chi connectivity index (χ0n) is 10.2. The van der Waals surface area contributed by atoms with Crippen LogP contribution < -0.4 is 9.46 Å². The Bertz CT molecular complexity index is 739. The Morgan fingerprint density at radius 2 is 2.25 bits per heavy atom. The van der Waals surface area contributed by atoms with E-state index in [1.165, 1.54) is 24.8 Å². The highest BCUT2D eigenvalue weighted by Crippen LogP contribution is 2.26. The Morgan fingerprint density at radius 1 is 1.50 bits per heavy atom. The van der Waals surface area contributed by atoms with E-state index in [2.05, 4.69) is 9.71 Å². The van der Waals surface area contributed by atoms with Crippen molar-refractivity contribution in [3.05, 3.63) is 34.7 Å². The quantitative estimate of drug-likeness (QED) is 0.869. The molecule has 0 amide bonds. The molecule has 0 radical (unpaired) electrons.